The van der Waals surface area contributed by atoms with Crippen molar-refractivity contribution in [1.82, 2.24) is 9.55 Å². The molecule has 0 bridgehead atoms. The number of ketones is 1. The minimum Gasteiger partial charge on any atom is -0.529 e. The van der Waals surface area contributed by atoms with Crippen LogP contribution in [0.5, 0.6) is 5.88 Å². The van der Waals surface area contributed by atoms with Crippen molar-refractivity contribution in [3.05, 3.63) is 40.8 Å². The van der Waals surface area contributed by atoms with Crippen molar-refractivity contribution < 1.29 is 9.22 Å². The maximum absolute atomic E-state index is 13.0. The Morgan fingerprint density at radius 1 is 1.21 bits per heavy atom. The first-order valence-corrected chi connectivity index (χ1v) is 13.4. The maximum atomic E-state index is 13.0. The lowest BCUT2D eigenvalue weighted by atomic mass is 10.2. The summed E-state index contributed by atoms with van der Waals surface area (Å²) in [5.74, 6) is 1.31. The first kappa shape index (κ1) is 22.7. The number of Topliss-reactive ketones (excluding diaryl/α,β-unsaturated/α-hetero) is 1. The lowest BCUT2D eigenvalue weighted by molar-refractivity contribution is 0.0979. The molecule has 0 spiro atoms. The zero-order valence-electron chi connectivity index (χ0n) is 18.2. The first-order chi connectivity index (χ1) is 13.0. The van der Waals surface area contributed by atoms with Gasteiger partial charge in [0.1, 0.15) is 5.82 Å². The van der Waals surface area contributed by atoms with Crippen LogP contribution >= 0.6 is 11.6 Å². The molecule has 0 radical (unpaired) electrons. The van der Waals surface area contributed by atoms with Crippen LogP contribution in [0, 0.1) is 0 Å². The molecule has 0 aliphatic carbocycles. The van der Waals surface area contributed by atoms with Crippen molar-refractivity contribution in [2.45, 2.75) is 78.4 Å². The highest BCUT2D eigenvalue weighted by molar-refractivity contribution is 6.74. The van der Waals surface area contributed by atoms with Gasteiger partial charge in [0, 0.05) is 12.8 Å². The largest absolute Gasteiger partial charge is 0.529 e. The Hall–Kier alpha value is -1.59. The summed E-state index contributed by atoms with van der Waals surface area (Å²) in [5, 5.41) is 0.610. The summed E-state index contributed by atoms with van der Waals surface area (Å²) >= 11 is 6.51. The van der Waals surface area contributed by atoms with Crippen LogP contribution in [0.1, 0.15) is 70.2 Å². The molecule has 0 N–H and O–H groups in total. The van der Waals surface area contributed by atoms with E-state index in [1.807, 2.05) is 35.8 Å². The molecule has 2 aromatic rings. The Balaban J connectivity index is 2.72. The van der Waals surface area contributed by atoms with Gasteiger partial charge in [-0.15, -0.1) is 0 Å². The van der Waals surface area contributed by atoms with Crippen molar-refractivity contribution in [2.75, 3.05) is 0 Å². The van der Waals surface area contributed by atoms with Crippen LogP contribution < -0.4 is 4.43 Å². The van der Waals surface area contributed by atoms with Gasteiger partial charge in [-0.05, 0) is 36.7 Å². The van der Waals surface area contributed by atoms with E-state index >= 15 is 0 Å². The van der Waals surface area contributed by atoms with Gasteiger partial charge in [0.15, 0.2) is 11.5 Å². The van der Waals surface area contributed by atoms with E-state index in [0.29, 0.717) is 23.0 Å². The fourth-order valence-electron chi connectivity index (χ4n) is 2.72. The second-order valence-corrected chi connectivity index (χ2v) is 13.8. The van der Waals surface area contributed by atoms with Crippen LogP contribution in [-0.4, -0.2) is 23.7 Å². The fraction of sp³-hybridized carbons (Fsp3) is 0.545. The number of imidazole rings is 1. The highest BCUT2D eigenvalue weighted by Gasteiger charge is 2.41. The van der Waals surface area contributed by atoms with Gasteiger partial charge in [0.05, 0.1) is 10.7 Å². The summed E-state index contributed by atoms with van der Waals surface area (Å²) in [7, 11) is -2.15. The molecule has 1 aromatic heterocycles. The molecule has 0 aliphatic rings. The normalized spacial score (nSPS) is 12.3. The number of hydrogen-bond donors (Lipinski definition) is 0. The van der Waals surface area contributed by atoms with Gasteiger partial charge in [-0.25, -0.2) is 0 Å². The summed E-state index contributed by atoms with van der Waals surface area (Å²) in [6.07, 6.45) is 3.19. The summed E-state index contributed by atoms with van der Waals surface area (Å²) in [6, 6.07) is 7.60. The van der Waals surface area contributed by atoms with Gasteiger partial charge < -0.3 is 4.43 Å². The number of nitrogens with zero attached hydrogens (tertiary/aromatic N) is 2. The molecule has 0 saturated carbocycles. The van der Waals surface area contributed by atoms with E-state index in [-0.39, 0.29) is 10.8 Å². The van der Waals surface area contributed by atoms with E-state index in [1.54, 1.807) is 0 Å². The summed E-state index contributed by atoms with van der Waals surface area (Å²) in [4.78, 5) is 17.8. The topological polar surface area (TPSA) is 44.1 Å². The molecule has 0 saturated heterocycles. The number of aryl methyl sites for hydroxylation is 1. The molecular weight excluding hydrogens is 388 g/mol. The smallest absolute Gasteiger partial charge is 0.252 e. The van der Waals surface area contributed by atoms with Crippen molar-refractivity contribution in [3.63, 3.8) is 0 Å². The Kier molecular flexibility index (Phi) is 7.15. The van der Waals surface area contributed by atoms with Crippen LogP contribution in [-0.2, 0) is 6.42 Å². The van der Waals surface area contributed by atoms with Crippen molar-refractivity contribution in [2.24, 2.45) is 0 Å². The number of carbonyl (C=O) groups is 1. The highest BCUT2D eigenvalue weighted by atomic mass is 35.5. The van der Waals surface area contributed by atoms with E-state index in [2.05, 4.69) is 40.8 Å². The number of benzene rings is 1. The molecule has 1 heterocycles. The van der Waals surface area contributed by atoms with Gasteiger partial charge in [-0.3, -0.25) is 9.36 Å². The van der Waals surface area contributed by atoms with Crippen molar-refractivity contribution in [1.29, 1.82) is 0 Å². The van der Waals surface area contributed by atoms with Gasteiger partial charge in [-0.2, -0.15) is 4.98 Å². The highest BCUT2D eigenvalue weighted by Crippen LogP contribution is 2.39. The Morgan fingerprint density at radius 2 is 1.86 bits per heavy atom. The van der Waals surface area contributed by atoms with Crippen LogP contribution in [0.2, 0.25) is 23.2 Å². The average Bonchev–Trinajstić information content (AvgIpc) is 2.95. The number of unbranched alkanes of at least 4 members (excludes halogenated alkanes) is 1. The van der Waals surface area contributed by atoms with Gasteiger partial charge in [-0.1, -0.05) is 64.8 Å². The molecule has 0 fully saturated rings. The molecule has 1 aromatic carbocycles. The second-order valence-electron chi connectivity index (χ2n) is 8.71. The third kappa shape index (κ3) is 4.69. The zero-order chi connectivity index (χ0) is 21.1. The van der Waals surface area contributed by atoms with Crippen LogP contribution in [0.4, 0.5) is 0 Å². The third-order valence-corrected chi connectivity index (χ3v) is 10.1. The molecule has 2 rings (SSSR count). The van der Waals surface area contributed by atoms with E-state index < -0.39 is 8.32 Å². The first-order valence-electron chi connectivity index (χ1n) is 10.1. The minimum atomic E-state index is -2.15. The van der Waals surface area contributed by atoms with E-state index in [0.717, 1.165) is 30.8 Å². The fourth-order valence-corrected chi connectivity index (χ4v) is 3.87. The Morgan fingerprint density at radius 3 is 2.39 bits per heavy atom. The molecular formula is C22H33ClN2O2Si. The number of para-hydroxylation sites is 1. The lowest BCUT2D eigenvalue weighted by Gasteiger charge is -2.35. The number of aromatic nitrogens is 2. The molecule has 0 atom stereocenters. The molecule has 4 nitrogen and oxygen atoms in total. The lowest BCUT2D eigenvalue weighted by Crippen LogP contribution is -2.44. The van der Waals surface area contributed by atoms with E-state index in [9.17, 15) is 4.79 Å². The predicted octanol–water partition coefficient (Wildman–Crippen LogP) is 6.85. The Bertz CT molecular complexity index is 838. The monoisotopic (exact) mass is 420 g/mol. The molecule has 6 heteroatoms. The Labute approximate surface area is 175 Å². The van der Waals surface area contributed by atoms with E-state index in [4.69, 9.17) is 21.0 Å². The van der Waals surface area contributed by atoms with E-state index in [1.165, 1.54) is 0 Å². The molecule has 0 amide bonds. The number of carbonyl (C=O) groups excluding carboxylic acids is 1. The van der Waals surface area contributed by atoms with Gasteiger partial charge in [0.25, 0.3) is 8.32 Å². The van der Waals surface area contributed by atoms with Crippen LogP contribution in [0.25, 0.3) is 5.69 Å². The molecule has 154 valence electrons. The quantitative estimate of drug-likeness (QED) is 0.346. The second kappa shape index (κ2) is 8.83. The molecule has 0 unspecified atom stereocenters. The van der Waals surface area contributed by atoms with Crippen molar-refractivity contribution >= 4 is 25.7 Å². The van der Waals surface area contributed by atoms with Gasteiger partial charge >= 0.3 is 0 Å². The van der Waals surface area contributed by atoms with Crippen LogP contribution in [0.3, 0.4) is 0 Å². The number of rotatable bonds is 8. The maximum Gasteiger partial charge on any atom is 0.252 e. The molecule has 0 aliphatic heterocycles. The SMILES string of the molecule is CCCCc1nc(O[Si](C)(C)C(C)(C)C)c(C(=O)CC)n1-c1ccccc1Cl. The average molecular weight is 421 g/mol. The summed E-state index contributed by atoms with van der Waals surface area (Å²) in [6.45, 7) is 14.9. The predicted molar refractivity (Wildman–Crippen MR) is 120 cm³/mol. The zero-order valence-corrected chi connectivity index (χ0v) is 20.0. The third-order valence-electron chi connectivity index (χ3n) is 5.51. The number of halogens is 1. The van der Waals surface area contributed by atoms with Crippen molar-refractivity contribution in [3.8, 4) is 11.6 Å². The number of hydrogen-bond acceptors (Lipinski definition) is 3. The molecule has 28 heavy (non-hydrogen) atoms. The summed E-state index contributed by atoms with van der Waals surface area (Å²) in [5.41, 5.74) is 1.30. The standard InChI is InChI=1S/C22H33ClN2O2Si/c1-8-10-15-19-24-21(27-28(6,7)22(3,4)5)20(18(26)9-2)25(19)17-14-12-11-13-16(17)23/h11-14H,8-10,15H2,1-7H3. The minimum absolute atomic E-state index is 0.0112. The summed E-state index contributed by atoms with van der Waals surface area (Å²) < 4.78 is 8.45. The van der Waals surface area contributed by atoms with Gasteiger partial charge in [0.2, 0.25) is 5.88 Å². The van der Waals surface area contributed by atoms with Crippen LogP contribution in [0.15, 0.2) is 24.3 Å².